The molecule has 0 bridgehead atoms. The highest BCUT2D eigenvalue weighted by Gasteiger charge is 2.34. The van der Waals surface area contributed by atoms with Gasteiger partial charge in [-0.2, -0.15) is 0 Å². The highest BCUT2D eigenvalue weighted by Crippen LogP contribution is 2.29. The Balaban J connectivity index is 2.62. The number of hydrogen-bond acceptors (Lipinski definition) is 2. The predicted octanol–water partition coefficient (Wildman–Crippen LogP) is 1.23. The van der Waals surface area contributed by atoms with Gasteiger partial charge < -0.3 is 4.74 Å². The van der Waals surface area contributed by atoms with E-state index in [2.05, 4.69) is 34.8 Å². The molecule has 2 atom stereocenters. The van der Waals surface area contributed by atoms with E-state index in [9.17, 15) is 0 Å². The first-order valence-electron chi connectivity index (χ1n) is 3.22. The molecule has 1 saturated heterocycles. The molecule has 0 aromatic heterocycles. The molecule has 9 heavy (non-hydrogen) atoms. The van der Waals surface area contributed by atoms with E-state index < -0.39 is 0 Å². The van der Waals surface area contributed by atoms with E-state index in [4.69, 9.17) is 4.74 Å². The summed E-state index contributed by atoms with van der Waals surface area (Å²) < 4.78 is 7.63. The van der Waals surface area contributed by atoms with Crippen LogP contribution in [0, 0.1) is 0 Å². The molecule has 0 amide bonds. The third-order valence-electron chi connectivity index (χ3n) is 1.77. The average molecular weight is 147 g/mol. The zero-order valence-corrected chi connectivity index (χ0v) is 7.37. The van der Waals surface area contributed by atoms with E-state index in [1.54, 1.807) is 0 Å². The second kappa shape index (κ2) is 2.19. The van der Waals surface area contributed by atoms with Gasteiger partial charge in [0, 0.05) is 6.04 Å². The van der Waals surface area contributed by atoms with Crippen LogP contribution in [0.1, 0.15) is 20.8 Å². The molecule has 0 radical (unpaired) electrons. The molecule has 0 aromatic carbocycles. The molecule has 1 heterocycles. The fourth-order valence-corrected chi connectivity index (χ4v) is 1.17. The first-order chi connectivity index (χ1) is 4.04. The van der Waals surface area contributed by atoms with E-state index in [0.29, 0.717) is 6.04 Å². The van der Waals surface area contributed by atoms with Crippen molar-refractivity contribution >= 4 is 9.39 Å². The van der Waals surface area contributed by atoms with Crippen molar-refractivity contribution in [3.8, 4) is 0 Å². The summed E-state index contributed by atoms with van der Waals surface area (Å²) in [5.74, 6) is 0. The second-order valence-corrected chi connectivity index (χ2v) is 3.57. The van der Waals surface area contributed by atoms with Crippen LogP contribution < -0.4 is 0 Å². The predicted molar refractivity (Wildman–Crippen MR) is 41.0 cm³/mol. The SMILES string of the molecule is CC1COC(C)(C)N1P. The van der Waals surface area contributed by atoms with Crippen molar-refractivity contribution in [1.29, 1.82) is 0 Å². The third kappa shape index (κ3) is 1.26. The van der Waals surface area contributed by atoms with Gasteiger partial charge in [-0.3, -0.25) is 4.67 Å². The first kappa shape index (κ1) is 7.46. The molecule has 0 aromatic rings. The molecule has 1 aliphatic rings. The van der Waals surface area contributed by atoms with Crippen LogP contribution >= 0.6 is 9.39 Å². The molecule has 54 valence electrons. The van der Waals surface area contributed by atoms with Crippen molar-refractivity contribution in [2.45, 2.75) is 32.5 Å². The van der Waals surface area contributed by atoms with Crippen LogP contribution in [0.4, 0.5) is 0 Å². The Kier molecular flexibility index (Phi) is 1.81. The standard InChI is InChI=1S/C6H14NOP/c1-5-4-8-6(2,3)7(5)9/h5H,4,9H2,1-3H3. The largest absolute Gasteiger partial charge is 0.359 e. The summed E-state index contributed by atoms with van der Waals surface area (Å²) in [4.78, 5) is 0. The topological polar surface area (TPSA) is 12.5 Å². The summed E-state index contributed by atoms with van der Waals surface area (Å²) >= 11 is 0. The minimum Gasteiger partial charge on any atom is -0.359 e. The Bertz CT molecular complexity index is 116. The minimum absolute atomic E-state index is 0.0793. The lowest BCUT2D eigenvalue weighted by atomic mass is 10.3. The molecule has 3 heteroatoms. The van der Waals surface area contributed by atoms with E-state index in [1.165, 1.54) is 0 Å². The molecule has 1 fully saturated rings. The molecule has 2 unspecified atom stereocenters. The van der Waals surface area contributed by atoms with Gasteiger partial charge in [-0.1, -0.05) is 9.39 Å². The van der Waals surface area contributed by atoms with Crippen molar-refractivity contribution in [3.63, 3.8) is 0 Å². The quantitative estimate of drug-likeness (QED) is 0.478. The van der Waals surface area contributed by atoms with Gasteiger partial charge in [-0.25, -0.2) is 0 Å². The summed E-state index contributed by atoms with van der Waals surface area (Å²) in [6.07, 6.45) is 0. The van der Waals surface area contributed by atoms with Crippen LogP contribution in [-0.4, -0.2) is 23.0 Å². The van der Waals surface area contributed by atoms with Crippen molar-refractivity contribution in [1.82, 2.24) is 4.67 Å². The Morgan fingerprint density at radius 3 is 2.33 bits per heavy atom. The first-order valence-corrected chi connectivity index (χ1v) is 3.73. The van der Waals surface area contributed by atoms with Crippen molar-refractivity contribution in [3.05, 3.63) is 0 Å². The van der Waals surface area contributed by atoms with E-state index in [1.807, 2.05) is 0 Å². The highest BCUT2D eigenvalue weighted by molar-refractivity contribution is 7.13. The maximum absolute atomic E-state index is 5.47. The van der Waals surface area contributed by atoms with Gasteiger partial charge >= 0.3 is 0 Å². The van der Waals surface area contributed by atoms with E-state index in [0.717, 1.165) is 6.61 Å². The second-order valence-electron chi connectivity index (χ2n) is 3.01. The molecule has 1 aliphatic heterocycles. The number of rotatable bonds is 0. The zero-order chi connectivity index (χ0) is 7.07. The average Bonchev–Trinajstić information content (AvgIpc) is 1.97. The van der Waals surface area contributed by atoms with E-state index >= 15 is 0 Å². The van der Waals surface area contributed by atoms with Gasteiger partial charge in [0.25, 0.3) is 0 Å². The van der Waals surface area contributed by atoms with Gasteiger partial charge in [-0.05, 0) is 20.8 Å². The lowest BCUT2D eigenvalue weighted by Gasteiger charge is -2.27. The molecule has 2 nitrogen and oxygen atoms in total. The summed E-state index contributed by atoms with van der Waals surface area (Å²) in [7, 11) is 2.69. The lowest BCUT2D eigenvalue weighted by Crippen LogP contribution is -2.34. The van der Waals surface area contributed by atoms with Crippen LogP contribution in [0.2, 0.25) is 0 Å². The Hall–Kier alpha value is 0.350. The van der Waals surface area contributed by atoms with Crippen LogP contribution in [0.3, 0.4) is 0 Å². The van der Waals surface area contributed by atoms with Crippen molar-refractivity contribution in [2.24, 2.45) is 0 Å². The summed E-state index contributed by atoms with van der Waals surface area (Å²) in [6.45, 7) is 7.14. The van der Waals surface area contributed by atoms with Crippen molar-refractivity contribution < 1.29 is 4.74 Å². The Labute approximate surface area is 58.8 Å². The minimum atomic E-state index is -0.0793. The summed E-state index contributed by atoms with van der Waals surface area (Å²) in [6, 6.07) is 0.532. The molecular weight excluding hydrogens is 133 g/mol. The Morgan fingerprint density at radius 1 is 1.67 bits per heavy atom. The van der Waals surface area contributed by atoms with Gasteiger partial charge in [0.15, 0.2) is 0 Å². The number of nitrogens with zero attached hydrogens (tertiary/aromatic N) is 1. The Morgan fingerprint density at radius 2 is 2.22 bits per heavy atom. The maximum Gasteiger partial charge on any atom is 0.119 e. The molecular formula is C6H14NOP. The monoisotopic (exact) mass is 147 g/mol. The van der Waals surface area contributed by atoms with Gasteiger partial charge in [0.1, 0.15) is 5.72 Å². The van der Waals surface area contributed by atoms with Crippen LogP contribution in [0.15, 0.2) is 0 Å². The fraction of sp³-hybridized carbons (Fsp3) is 1.00. The number of hydrogen-bond donors (Lipinski definition) is 0. The molecule has 0 N–H and O–H groups in total. The molecule has 1 rings (SSSR count). The van der Waals surface area contributed by atoms with Gasteiger partial charge in [0.2, 0.25) is 0 Å². The van der Waals surface area contributed by atoms with E-state index in [-0.39, 0.29) is 5.72 Å². The fourth-order valence-electron chi connectivity index (χ4n) is 1.01. The summed E-state index contributed by atoms with van der Waals surface area (Å²) in [5.41, 5.74) is -0.0793. The lowest BCUT2D eigenvalue weighted by molar-refractivity contribution is -0.0122. The molecule has 0 aliphatic carbocycles. The van der Waals surface area contributed by atoms with Gasteiger partial charge in [-0.15, -0.1) is 0 Å². The van der Waals surface area contributed by atoms with Gasteiger partial charge in [0.05, 0.1) is 6.61 Å². The summed E-state index contributed by atoms with van der Waals surface area (Å²) in [5, 5.41) is 0. The highest BCUT2D eigenvalue weighted by atomic mass is 31.0. The van der Waals surface area contributed by atoms with Crippen molar-refractivity contribution in [2.75, 3.05) is 6.61 Å². The van der Waals surface area contributed by atoms with Crippen LogP contribution in [0.5, 0.6) is 0 Å². The normalized spacial score (nSPS) is 35.3. The number of ether oxygens (including phenoxy) is 1. The smallest absolute Gasteiger partial charge is 0.119 e. The van der Waals surface area contributed by atoms with Crippen LogP contribution in [-0.2, 0) is 4.74 Å². The third-order valence-corrected chi connectivity index (χ3v) is 2.91. The molecule has 0 saturated carbocycles. The van der Waals surface area contributed by atoms with Crippen LogP contribution in [0.25, 0.3) is 0 Å². The maximum atomic E-state index is 5.47. The zero-order valence-electron chi connectivity index (χ0n) is 6.22. The molecule has 0 spiro atoms.